The Kier molecular flexibility index (Phi) is 12.4. The van der Waals surface area contributed by atoms with E-state index < -0.39 is 6.10 Å². The molecule has 5 unspecified atom stereocenters. The Bertz CT molecular complexity index is 606. The first kappa shape index (κ1) is 26.1. The summed E-state index contributed by atoms with van der Waals surface area (Å²) in [4.78, 5) is 0. The Morgan fingerprint density at radius 1 is 1.26 bits per heavy atom. The summed E-state index contributed by atoms with van der Waals surface area (Å²) in [6.07, 6.45) is 19.4. The smallest absolute Gasteiger partial charge is 0.0983 e. The van der Waals surface area contributed by atoms with Crippen LogP contribution in [0.1, 0.15) is 71.6 Å². The fourth-order valence-electron chi connectivity index (χ4n) is 4.45. The molecule has 4 nitrogen and oxygen atoms in total. The van der Waals surface area contributed by atoms with Gasteiger partial charge in [0.05, 0.1) is 37.6 Å². The van der Waals surface area contributed by atoms with Gasteiger partial charge in [0.2, 0.25) is 0 Å². The maximum Gasteiger partial charge on any atom is 0.0983 e. The van der Waals surface area contributed by atoms with E-state index in [2.05, 4.69) is 38.7 Å². The highest BCUT2D eigenvalue weighted by molar-refractivity contribution is 5.09. The molecule has 0 radical (unpaired) electrons. The van der Waals surface area contributed by atoms with E-state index in [1.165, 1.54) is 11.1 Å². The minimum atomic E-state index is -0.590. The molecular weight excluding hydrogens is 388 g/mol. The number of methoxy groups -OCH3 is 1. The van der Waals surface area contributed by atoms with Gasteiger partial charge in [-0.15, -0.1) is 0 Å². The zero-order chi connectivity index (χ0) is 22.5. The van der Waals surface area contributed by atoms with Crippen LogP contribution < -0.4 is 0 Å². The highest BCUT2D eigenvalue weighted by Crippen LogP contribution is 2.24. The Balaban J connectivity index is 1.56. The first-order valence-electron chi connectivity index (χ1n) is 12.1. The third-order valence-electron chi connectivity index (χ3n) is 6.29. The molecule has 5 atom stereocenters. The van der Waals surface area contributed by atoms with Crippen molar-refractivity contribution in [2.45, 2.75) is 96.1 Å². The van der Waals surface area contributed by atoms with Crippen molar-refractivity contribution < 1.29 is 19.3 Å². The zero-order valence-corrected chi connectivity index (χ0v) is 19.9. The molecular formula is C27H44O4. The minimum Gasteiger partial charge on any atom is -0.386 e. The van der Waals surface area contributed by atoms with Crippen LogP contribution in [0.15, 0.2) is 48.1 Å². The molecule has 0 aromatic rings. The largest absolute Gasteiger partial charge is 0.386 e. The summed E-state index contributed by atoms with van der Waals surface area (Å²) in [6, 6.07) is 0. The molecule has 0 spiro atoms. The van der Waals surface area contributed by atoms with Crippen LogP contribution in [-0.2, 0) is 14.2 Å². The average molecular weight is 433 g/mol. The van der Waals surface area contributed by atoms with Crippen molar-refractivity contribution in [1.29, 1.82) is 0 Å². The average Bonchev–Trinajstić information content (AvgIpc) is 2.75. The third-order valence-corrected chi connectivity index (χ3v) is 6.29. The van der Waals surface area contributed by atoms with Crippen LogP contribution >= 0.6 is 0 Å². The maximum absolute atomic E-state index is 10.5. The van der Waals surface area contributed by atoms with Crippen molar-refractivity contribution in [3.63, 3.8) is 0 Å². The molecule has 0 fully saturated rings. The van der Waals surface area contributed by atoms with Crippen LogP contribution in [-0.4, -0.2) is 49.8 Å². The number of hydrogen-bond donors (Lipinski definition) is 1. The van der Waals surface area contributed by atoms with Gasteiger partial charge >= 0.3 is 0 Å². The van der Waals surface area contributed by atoms with E-state index in [9.17, 15) is 5.11 Å². The molecule has 4 heteroatoms. The summed E-state index contributed by atoms with van der Waals surface area (Å²) < 4.78 is 17.0. The second kappa shape index (κ2) is 14.8. The van der Waals surface area contributed by atoms with Gasteiger partial charge in [-0.3, -0.25) is 0 Å². The van der Waals surface area contributed by atoms with E-state index in [-0.39, 0.29) is 12.2 Å². The van der Waals surface area contributed by atoms with Gasteiger partial charge in [0, 0.05) is 7.11 Å². The van der Waals surface area contributed by atoms with Gasteiger partial charge in [-0.2, -0.15) is 0 Å². The second-order valence-electron chi connectivity index (χ2n) is 9.33. The van der Waals surface area contributed by atoms with Crippen LogP contribution in [0.2, 0.25) is 0 Å². The topological polar surface area (TPSA) is 47.9 Å². The SMILES string of the molecule is C=C(CCCCCC(OC)C(O)/C=C/C1CC(C)=CCO1)CC(C)CC1CC=CCO1. The van der Waals surface area contributed by atoms with Crippen molar-refractivity contribution in [2.24, 2.45) is 5.92 Å². The van der Waals surface area contributed by atoms with E-state index in [4.69, 9.17) is 14.2 Å². The van der Waals surface area contributed by atoms with Crippen LogP contribution in [0.3, 0.4) is 0 Å². The van der Waals surface area contributed by atoms with Crippen molar-refractivity contribution in [2.75, 3.05) is 20.3 Å². The monoisotopic (exact) mass is 432 g/mol. The molecule has 0 saturated heterocycles. The summed E-state index contributed by atoms with van der Waals surface area (Å²) in [7, 11) is 1.68. The van der Waals surface area contributed by atoms with Gasteiger partial charge in [-0.05, 0) is 57.8 Å². The van der Waals surface area contributed by atoms with Crippen LogP contribution in [0, 0.1) is 5.92 Å². The molecule has 1 N–H and O–H groups in total. The molecule has 0 aliphatic carbocycles. The van der Waals surface area contributed by atoms with Crippen molar-refractivity contribution in [1.82, 2.24) is 0 Å². The summed E-state index contributed by atoms with van der Waals surface area (Å²) in [5, 5.41) is 10.5. The molecule has 2 heterocycles. The number of aliphatic hydroxyl groups is 1. The quantitative estimate of drug-likeness (QED) is 0.273. The molecule has 2 rings (SSSR count). The second-order valence-corrected chi connectivity index (χ2v) is 9.33. The molecule has 0 aromatic carbocycles. The Morgan fingerprint density at radius 3 is 2.81 bits per heavy atom. The lowest BCUT2D eigenvalue weighted by Gasteiger charge is -2.23. The van der Waals surface area contributed by atoms with E-state index in [0.29, 0.717) is 18.6 Å². The first-order chi connectivity index (χ1) is 15.0. The van der Waals surface area contributed by atoms with Gasteiger partial charge in [-0.1, -0.05) is 67.9 Å². The zero-order valence-electron chi connectivity index (χ0n) is 19.9. The fourth-order valence-corrected chi connectivity index (χ4v) is 4.45. The van der Waals surface area contributed by atoms with Gasteiger partial charge < -0.3 is 19.3 Å². The number of hydrogen-bond acceptors (Lipinski definition) is 4. The molecule has 0 amide bonds. The van der Waals surface area contributed by atoms with Crippen molar-refractivity contribution >= 4 is 0 Å². The van der Waals surface area contributed by atoms with Gasteiger partial charge in [0.1, 0.15) is 0 Å². The van der Waals surface area contributed by atoms with Crippen molar-refractivity contribution in [3.05, 3.63) is 48.1 Å². The molecule has 176 valence electrons. The number of rotatable bonds is 14. The first-order valence-corrected chi connectivity index (χ1v) is 12.1. The lowest BCUT2D eigenvalue weighted by molar-refractivity contribution is 0.00487. The maximum atomic E-state index is 10.5. The summed E-state index contributed by atoms with van der Waals surface area (Å²) >= 11 is 0. The normalized spacial score (nSPS) is 24.7. The molecule has 0 saturated carbocycles. The Morgan fingerprint density at radius 2 is 2.10 bits per heavy atom. The number of ether oxygens (including phenoxy) is 3. The lowest BCUT2D eigenvalue weighted by atomic mass is 9.92. The molecule has 0 bridgehead atoms. The van der Waals surface area contributed by atoms with E-state index in [1.54, 1.807) is 7.11 Å². The standard InChI is InChI=1S/C27H44O4/c1-21(18-23(3)20-24-11-8-9-16-30-24)10-6-5-7-12-27(29-4)26(28)14-13-25-19-22(2)15-17-31-25/h8-9,13-15,23-28H,1,5-7,10-12,16-20H2,2-4H3/b14-13+. The molecule has 2 aliphatic heterocycles. The lowest BCUT2D eigenvalue weighted by Crippen LogP contribution is -2.27. The summed E-state index contributed by atoms with van der Waals surface area (Å²) in [5.74, 6) is 0.622. The number of aliphatic hydroxyl groups excluding tert-OH is 1. The van der Waals surface area contributed by atoms with Gasteiger partial charge in [0.25, 0.3) is 0 Å². The van der Waals surface area contributed by atoms with Gasteiger partial charge in [-0.25, -0.2) is 0 Å². The number of unbranched alkanes of at least 4 members (excludes halogenated alkanes) is 2. The Labute approximate surface area is 190 Å². The van der Waals surface area contributed by atoms with E-state index in [0.717, 1.165) is 64.4 Å². The molecule has 0 aromatic heterocycles. The van der Waals surface area contributed by atoms with E-state index in [1.807, 2.05) is 12.2 Å². The Hall–Kier alpha value is -1.20. The van der Waals surface area contributed by atoms with Crippen molar-refractivity contribution in [3.8, 4) is 0 Å². The molecule has 2 aliphatic rings. The predicted molar refractivity (Wildman–Crippen MR) is 128 cm³/mol. The summed E-state index contributed by atoms with van der Waals surface area (Å²) in [6.45, 7) is 10.1. The van der Waals surface area contributed by atoms with E-state index >= 15 is 0 Å². The predicted octanol–water partition coefficient (Wildman–Crippen LogP) is 5.92. The fraction of sp³-hybridized carbons (Fsp3) is 0.704. The highest BCUT2D eigenvalue weighted by atomic mass is 16.5. The third kappa shape index (κ3) is 10.8. The molecule has 31 heavy (non-hydrogen) atoms. The van der Waals surface area contributed by atoms with Crippen LogP contribution in [0.25, 0.3) is 0 Å². The van der Waals surface area contributed by atoms with Gasteiger partial charge in [0.15, 0.2) is 0 Å². The van der Waals surface area contributed by atoms with Crippen LogP contribution in [0.5, 0.6) is 0 Å². The number of allylic oxidation sites excluding steroid dienone is 1. The highest BCUT2D eigenvalue weighted by Gasteiger charge is 2.18. The van der Waals surface area contributed by atoms with Crippen LogP contribution in [0.4, 0.5) is 0 Å². The summed E-state index contributed by atoms with van der Waals surface area (Å²) in [5.41, 5.74) is 2.69. The minimum absolute atomic E-state index is 0.0618.